The molecule has 1 nitrogen and oxygen atoms in total. The second kappa shape index (κ2) is 5.57. The first-order chi connectivity index (χ1) is 7.42. The summed E-state index contributed by atoms with van der Waals surface area (Å²) in [6, 6.07) is 8.66. The van der Waals surface area contributed by atoms with Gasteiger partial charge >= 0.3 is 0 Å². The zero-order valence-corrected chi connectivity index (χ0v) is 9.88. The van der Waals surface area contributed by atoms with Crippen LogP contribution in [0.2, 0.25) is 0 Å². The molecule has 0 amide bonds. The van der Waals surface area contributed by atoms with Gasteiger partial charge in [-0.2, -0.15) is 12.6 Å². The Morgan fingerprint density at radius 3 is 3.07 bits per heavy atom. The summed E-state index contributed by atoms with van der Waals surface area (Å²) in [7, 11) is 0. The van der Waals surface area contributed by atoms with Crippen molar-refractivity contribution in [3.8, 4) is 0 Å². The van der Waals surface area contributed by atoms with Crippen LogP contribution in [0.4, 0.5) is 0 Å². The van der Waals surface area contributed by atoms with Gasteiger partial charge < -0.3 is 4.74 Å². The molecule has 0 aromatic heterocycles. The fourth-order valence-electron chi connectivity index (χ4n) is 2.17. The Bertz CT molecular complexity index is 311. The van der Waals surface area contributed by atoms with Crippen molar-refractivity contribution in [3.05, 3.63) is 35.4 Å². The molecule has 82 valence electrons. The molecule has 0 radical (unpaired) electrons. The number of aryl methyl sites for hydroxylation is 1. The van der Waals surface area contributed by atoms with Crippen molar-refractivity contribution in [1.29, 1.82) is 0 Å². The van der Waals surface area contributed by atoms with Crippen molar-refractivity contribution in [2.45, 2.75) is 31.8 Å². The van der Waals surface area contributed by atoms with Crippen molar-refractivity contribution in [3.63, 3.8) is 0 Å². The van der Waals surface area contributed by atoms with Crippen LogP contribution in [0, 0.1) is 0 Å². The molecule has 1 aromatic rings. The van der Waals surface area contributed by atoms with Gasteiger partial charge in [-0.1, -0.05) is 24.3 Å². The van der Waals surface area contributed by atoms with Crippen LogP contribution in [0.25, 0.3) is 0 Å². The molecule has 1 atom stereocenters. The van der Waals surface area contributed by atoms with E-state index in [0.717, 1.165) is 18.8 Å². The van der Waals surface area contributed by atoms with Crippen LogP contribution in [-0.4, -0.2) is 12.4 Å². The molecule has 0 bridgehead atoms. The highest BCUT2D eigenvalue weighted by Gasteiger charge is 2.19. The lowest BCUT2D eigenvalue weighted by molar-refractivity contribution is 0.0417. The summed E-state index contributed by atoms with van der Waals surface area (Å²) in [6.07, 6.45) is 5.01. The van der Waals surface area contributed by atoms with Crippen LogP contribution in [0.1, 0.15) is 36.5 Å². The molecule has 0 saturated carbocycles. The highest BCUT2D eigenvalue weighted by Crippen LogP contribution is 2.32. The van der Waals surface area contributed by atoms with Crippen LogP contribution >= 0.6 is 12.6 Å². The van der Waals surface area contributed by atoms with Gasteiger partial charge in [-0.05, 0) is 42.6 Å². The molecule has 1 aliphatic carbocycles. The maximum absolute atomic E-state index is 5.90. The molecule has 0 saturated heterocycles. The largest absolute Gasteiger partial charge is 0.373 e. The molecule has 2 heteroatoms. The van der Waals surface area contributed by atoms with Crippen LogP contribution in [-0.2, 0) is 11.2 Å². The summed E-state index contributed by atoms with van der Waals surface area (Å²) in [5, 5.41) is 0. The molecule has 0 heterocycles. The molecule has 0 fully saturated rings. The predicted molar refractivity (Wildman–Crippen MR) is 66.5 cm³/mol. The van der Waals surface area contributed by atoms with Gasteiger partial charge in [0.15, 0.2) is 0 Å². The van der Waals surface area contributed by atoms with Crippen LogP contribution in [0.15, 0.2) is 24.3 Å². The maximum atomic E-state index is 5.90. The summed E-state index contributed by atoms with van der Waals surface area (Å²) in [6.45, 7) is 0.836. The van der Waals surface area contributed by atoms with E-state index >= 15 is 0 Å². The minimum absolute atomic E-state index is 0.329. The van der Waals surface area contributed by atoms with Gasteiger partial charge in [-0.3, -0.25) is 0 Å². The van der Waals surface area contributed by atoms with E-state index in [-0.39, 0.29) is 0 Å². The van der Waals surface area contributed by atoms with Crippen molar-refractivity contribution < 1.29 is 4.74 Å². The molecular formula is C13H18OS. The molecule has 0 spiro atoms. The lowest BCUT2D eigenvalue weighted by Gasteiger charge is -2.25. The Hall–Kier alpha value is -0.470. The van der Waals surface area contributed by atoms with Gasteiger partial charge in [-0.15, -0.1) is 0 Å². The average molecular weight is 222 g/mol. The molecule has 1 aliphatic rings. The van der Waals surface area contributed by atoms with E-state index in [2.05, 4.69) is 36.9 Å². The zero-order valence-electron chi connectivity index (χ0n) is 8.98. The summed E-state index contributed by atoms with van der Waals surface area (Å²) >= 11 is 4.19. The number of hydrogen-bond acceptors (Lipinski definition) is 2. The van der Waals surface area contributed by atoms with Gasteiger partial charge in [-0.25, -0.2) is 0 Å². The van der Waals surface area contributed by atoms with Crippen LogP contribution in [0.3, 0.4) is 0 Å². The van der Waals surface area contributed by atoms with Crippen molar-refractivity contribution in [2.75, 3.05) is 12.4 Å². The monoisotopic (exact) mass is 222 g/mol. The first-order valence-electron chi connectivity index (χ1n) is 5.72. The summed E-state index contributed by atoms with van der Waals surface area (Å²) < 4.78 is 5.90. The summed E-state index contributed by atoms with van der Waals surface area (Å²) in [5.74, 6) is 0.911. The Morgan fingerprint density at radius 1 is 1.33 bits per heavy atom. The molecule has 0 N–H and O–H groups in total. The van der Waals surface area contributed by atoms with Crippen LogP contribution in [0.5, 0.6) is 0 Å². The molecule has 0 aliphatic heterocycles. The normalized spacial score (nSPS) is 19.9. The topological polar surface area (TPSA) is 9.23 Å². The highest BCUT2D eigenvalue weighted by atomic mass is 32.1. The number of hydrogen-bond donors (Lipinski definition) is 1. The number of fused-ring (bicyclic) bond motifs is 1. The third-order valence-corrected chi connectivity index (χ3v) is 3.25. The minimum Gasteiger partial charge on any atom is -0.373 e. The van der Waals surface area contributed by atoms with Gasteiger partial charge in [0.25, 0.3) is 0 Å². The first kappa shape index (κ1) is 11.0. The second-order valence-electron chi connectivity index (χ2n) is 4.03. The van der Waals surface area contributed by atoms with Crippen molar-refractivity contribution in [2.24, 2.45) is 0 Å². The fourth-order valence-corrected chi connectivity index (χ4v) is 2.30. The summed E-state index contributed by atoms with van der Waals surface area (Å²) in [5.41, 5.74) is 2.88. The van der Waals surface area contributed by atoms with Crippen molar-refractivity contribution in [1.82, 2.24) is 0 Å². The second-order valence-corrected chi connectivity index (χ2v) is 4.47. The Labute approximate surface area is 97.2 Å². The minimum atomic E-state index is 0.329. The van der Waals surface area contributed by atoms with E-state index in [0.29, 0.717) is 6.10 Å². The number of rotatable bonds is 4. The third-order valence-electron chi connectivity index (χ3n) is 2.94. The van der Waals surface area contributed by atoms with E-state index in [1.807, 2.05) is 0 Å². The highest BCUT2D eigenvalue weighted by molar-refractivity contribution is 7.80. The van der Waals surface area contributed by atoms with Gasteiger partial charge in [0.2, 0.25) is 0 Å². The Morgan fingerprint density at radius 2 is 2.20 bits per heavy atom. The fraction of sp³-hybridized carbons (Fsp3) is 0.538. The average Bonchev–Trinajstić information content (AvgIpc) is 2.30. The third kappa shape index (κ3) is 2.76. The van der Waals surface area contributed by atoms with Gasteiger partial charge in [0.1, 0.15) is 0 Å². The number of benzene rings is 1. The SMILES string of the molecule is SCCCOC1CCCc2ccccc21. The van der Waals surface area contributed by atoms with E-state index in [9.17, 15) is 0 Å². The van der Waals surface area contributed by atoms with E-state index in [1.165, 1.54) is 30.4 Å². The standard InChI is InChI=1S/C13H18OS/c15-10-4-9-14-13-8-3-6-11-5-1-2-7-12(11)13/h1-2,5,7,13,15H,3-4,6,8-10H2. The lowest BCUT2D eigenvalue weighted by atomic mass is 9.89. The maximum Gasteiger partial charge on any atom is 0.0827 e. The molecular weight excluding hydrogens is 204 g/mol. The van der Waals surface area contributed by atoms with Gasteiger partial charge in [0, 0.05) is 6.61 Å². The van der Waals surface area contributed by atoms with E-state index in [1.54, 1.807) is 0 Å². The molecule has 1 aromatic carbocycles. The summed E-state index contributed by atoms with van der Waals surface area (Å²) in [4.78, 5) is 0. The smallest absolute Gasteiger partial charge is 0.0827 e. The van der Waals surface area contributed by atoms with Crippen LogP contribution < -0.4 is 0 Å². The molecule has 2 rings (SSSR count). The number of thiol groups is 1. The quantitative estimate of drug-likeness (QED) is 0.607. The molecule has 1 unspecified atom stereocenters. The lowest BCUT2D eigenvalue weighted by Crippen LogP contribution is -2.13. The zero-order chi connectivity index (χ0) is 10.5. The van der Waals surface area contributed by atoms with Crippen molar-refractivity contribution >= 4 is 12.6 Å². The van der Waals surface area contributed by atoms with E-state index in [4.69, 9.17) is 4.74 Å². The number of ether oxygens (including phenoxy) is 1. The van der Waals surface area contributed by atoms with Gasteiger partial charge in [0.05, 0.1) is 6.10 Å². The first-order valence-corrected chi connectivity index (χ1v) is 6.35. The Balaban J connectivity index is 2.02. The Kier molecular flexibility index (Phi) is 4.09. The predicted octanol–water partition coefficient (Wildman–Crippen LogP) is 3.40. The molecule has 15 heavy (non-hydrogen) atoms. The van der Waals surface area contributed by atoms with E-state index < -0.39 is 0 Å².